The molecule has 0 aromatic carbocycles. The second-order valence-corrected chi connectivity index (χ2v) is 5.52. The third-order valence-corrected chi connectivity index (χ3v) is 4.21. The van der Waals surface area contributed by atoms with E-state index in [0.29, 0.717) is 11.8 Å². The molecule has 1 aliphatic heterocycles. The fourth-order valence-corrected chi connectivity index (χ4v) is 3.10. The second kappa shape index (κ2) is 4.77. The minimum atomic E-state index is 0.270. The maximum Gasteiger partial charge on any atom is 0.244 e. The van der Waals surface area contributed by atoms with Gasteiger partial charge in [-0.05, 0) is 38.1 Å². The maximum atomic E-state index is 5.46. The van der Waals surface area contributed by atoms with E-state index in [4.69, 9.17) is 4.52 Å². The topological polar surface area (TPSA) is 51.0 Å². The summed E-state index contributed by atoms with van der Waals surface area (Å²) in [4.78, 5) is 4.63. The summed E-state index contributed by atoms with van der Waals surface area (Å²) in [7, 11) is 0. The van der Waals surface area contributed by atoms with Gasteiger partial charge in [-0.2, -0.15) is 4.98 Å². The van der Waals surface area contributed by atoms with Crippen molar-refractivity contribution in [3.8, 4) is 0 Å². The molecule has 2 atom stereocenters. The molecule has 3 rings (SSSR count). The number of rotatable bonds is 2. The first-order valence-corrected chi connectivity index (χ1v) is 6.91. The molecule has 2 fully saturated rings. The van der Waals surface area contributed by atoms with Crippen LogP contribution in [0.1, 0.15) is 69.1 Å². The third kappa shape index (κ3) is 2.23. The van der Waals surface area contributed by atoms with Gasteiger partial charge in [0.25, 0.3) is 0 Å². The van der Waals surface area contributed by atoms with Crippen LogP contribution in [-0.2, 0) is 0 Å². The lowest BCUT2D eigenvalue weighted by Gasteiger charge is -2.26. The lowest BCUT2D eigenvalue weighted by atomic mass is 9.93. The van der Waals surface area contributed by atoms with Crippen molar-refractivity contribution in [2.24, 2.45) is 5.92 Å². The molecule has 94 valence electrons. The molecular formula is C13H21N3O. The zero-order chi connectivity index (χ0) is 11.7. The molecule has 0 radical (unpaired) electrons. The zero-order valence-corrected chi connectivity index (χ0v) is 10.5. The van der Waals surface area contributed by atoms with Crippen LogP contribution in [0.4, 0.5) is 0 Å². The third-order valence-electron chi connectivity index (χ3n) is 4.21. The average molecular weight is 235 g/mol. The van der Waals surface area contributed by atoms with Crippen LogP contribution in [-0.4, -0.2) is 16.7 Å². The number of hydrogen-bond donors (Lipinski definition) is 1. The van der Waals surface area contributed by atoms with E-state index in [9.17, 15) is 0 Å². The molecule has 1 aromatic rings. The Labute approximate surface area is 102 Å². The first-order valence-electron chi connectivity index (χ1n) is 6.91. The summed E-state index contributed by atoms with van der Waals surface area (Å²) in [6.45, 7) is 3.33. The number of hydrogen-bond acceptors (Lipinski definition) is 4. The average Bonchev–Trinajstić information content (AvgIpc) is 3.00. The van der Waals surface area contributed by atoms with Gasteiger partial charge >= 0.3 is 0 Å². The summed E-state index contributed by atoms with van der Waals surface area (Å²) in [5, 5.41) is 7.67. The van der Waals surface area contributed by atoms with Crippen LogP contribution in [0.15, 0.2) is 4.52 Å². The summed E-state index contributed by atoms with van der Waals surface area (Å²) in [5.41, 5.74) is 0. The summed E-state index contributed by atoms with van der Waals surface area (Å²) >= 11 is 0. The minimum absolute atomic E-state index is 0.270. The van der Waals surface area contributed by atoms with E-state index in [1.54, 1.807) is 0 Å². The molecule has 1 saturated heterocycles. The molecule has 1 saturated carbocycles. The van der Waals surface area contributed by atoms with E-state index in [0.717, 1.165) is 18.3 Å². The maximum absolute atomic E-state index is 5.46. The lowest BCUT2D eigenvalue weighted by molar-refractivity contribution is 0.238. The molecule has 4 heteroatoms. The van der Waals surface area contributed by atoms with Crippen LogP contribution >= 0.6 is 0 Å². The fourth-order valence-electron chi connectivity index (χ4n) is 3.10. The molecule has 17 heavy (non-hydrogen) atoms. The predicted molar refractivity (Wildman–Crippen MR) is 64.6 cm³/mol. The van der Waals surface area contributed by atoms with E-state index in [1.165, 1.54) is 38.5 Å². The summed E-state index contributed by atoms with van der Waals surface area (Å²) in [6, 6.07) is 0.270. The largest absolute Gasteiger partial charge is 0.338 e. The Balaban J connectivity index is 1.74. The van der Waals surface area contributed by atoms with Gasteiger partial charge in [-0.15, -0.1) is 0 Å². The van der Waals surface area contributed by atoms with Crippen molar-refractivity contribution in [3.63, 3.8) is 0 Å². The Morgan fingerprint density at radius 1 is 1.18 bits per heavy atom. The van der Waals surface area contributed by atoms with Crippen molar-refractivity contribution >= 4 is 0 Å². The van der Waals surface area contributed by atoms with Crippen molar-refractivity contribution in [2.45, 2.75) is 57.4 Å². The molecule has 0 amide bonds. The van der Waals surface area contributed by atoms with Gasteiger partial charge in [-0.25, -0.2) is 0 Å². The molecule has 2 unspecified atom stereocenters. The van der Waals surface area contributed by atoms with Gasteiger partial charge in [0.2, 0.25) is 5.89 Å². The van der Waals surface area contributed by atoms with E-state index in [1.807, 2.05) is 0 Å². The van der Waals surface area contributed by atoms with Crippen molar-refractivity contribution in [3.05, 3.63) is 11.7 Å². The molecular weight excluding hydrogens is 214 g/mol. The number of nitrogens with one attached hydrogen (secondary N) is 1. The Kier molecular flexibility index (Phi) is 3.14. The first kappa shape index (κ1) is 11.2. The number of nitrogens with zero attached hydrogens (tertiary/aromatic N) is 2. The van der Waals surface area contributed by atoms with E-state index in [2.05, 4.69) is 22.4 Å². The monoisotopic (exact) mass is 235 g/mol. The first-order chi connectivity index (χ1) is 8.34. The zero-order valence-electron chi connectivity index (χ0n) is 10.5. The van der Waals surface area contributed by atoms with Gasteiger partial charge in [-0.3, -0.25) is 0 Å². The Hall–Kier alpha value is -0.900. The normalized spacial score (nSPS) is 30.9. The van der Waals surface area contributed by atoms with Crippen molar-refractivity contribution < 1.29 is 4.52 Å². The van der Waals surface area contributed by atoms with Gasteiger partial charge in [0.1, 0.15) is 0 Å². The van der Waals surface area contributed by atoms with Crippen molar-refractivity contribution in [1.29, 1.82) is 0 Å². The Bertz CT molecular complexity index is 370. The van der Waals surface area contributed by atoms with Crippen molar-refractivity contribution in [2.75, 3.05) is 6.54 Å². The highest BCUT2D eigenvalue weighted by Gasteiger charge is 2.29. The molecule has 2 aliphatic rings. The molecule has 1 aromatic heterocycles. The highest BCUT2D eigenvalue weighted by Crippen LogP contribution is 2.34. The quantitative estimate of drug-likeness (QED) is 0.856. The molecule has 0 spiro atoms. The summed E-state index contributed by atoms with van der Waals surface area (Å²) in [5.74, 6) is 2.89. The van der Waals surface area contributed by atoms with Crippen LogP contribution < -0.4 is 5.32 Å². The van der Waals surface area contributed by atoms with Crippen LogP contribution in [0.3, 0.4) is 0 Å². The molecule has 0 bridgehead atoms. The standard InChI is InChI=1S/C13H21N3O/c1-9-5-4-8-14-11(9)13-15-12(16-17-13)10-6-2-3-7-10/h9-11,14H,2-8H2,1H3. The molecule has 4 nitrogen and oxygen atoms in total. The van der Waals surface area contributed by atoms with Gasteiger partial charge < -0.3 is 9.84 Å². The van der Waals surface area contributed by atoms with Crippen LogP contribution in [0.5, 0.6) is 0 Å². The SMILES string of the molecule is CC1CCCNC1c1nc(C2CCCC2)no1. The second-order valence-electron chi connectivity index (χ2n) is 5.52. The van der Waals surface area contributed by atoms with Crippen LogP contribution in [0.25, 0.3) is 0 Å². The lowest BCUT2D eigenvalue weighted by Crippen LogP contribution is -2.33. The molecule has 2 heterocycles. The van der Waals surface area contributed by atoms with Gasteiger partial charge in [-0.1, -0.05) is 24.9 Å². The van der Waals surface area contributed by atoms with Gasteiger partial charge in [0.05, 0.1) is 6.04 Å². The smallest absolute Gasteiger partial charge is 0.244 e. The summed E-state index contributed by atoms with van der Waals surface area (Å²) in [6.07, 6.45) is 7.58. The Morgan fingerprint density at radius 3 is 2.76 bits per heavy atom. The van der Waals surface area contributed by atoms with E-state index < -0.39 is 0 Å². The molecule has 1 aliphatic carbocycles. The van der Waals surface area contributed by atoms with Gasteiger partial charge in [0.15, 0.2) is 5.82 Å². The summed E-state index contributed by atoms with van der Waals surface area (Å²) < 4.78 is 5.46. The van der Waals surface area contributed by atoms with Gasteiger partial charge in [0, 0.05) is 5.92 Å². The van der Waals surface area contributed by atoms with Crippen molar-refractivity contribution in [1.82, 2.24) is 15.5 Å². The minimum Gasteiger partial charge on any atom is -0.338 e. The highest BCUT2D eigenvalue weighted by atomic mass is 16.5. The fraction of sp³-hybridized carbons (Fsp3) is 0.846. The molecule has 1 N–H and O–H groups in total. The number of piperidine rings is 1. The van der Waals surface area contributed by atoms with E-state index in [-0.39, 0.29) is 6.04 Å². The Morgan fingerprint density at radius 2 is 2.00 bits per heavy atom. The van der Waals surface area contributed by atoms with Crippen LogP contribution in [0, 0.1) is 5.92 Å². The van der Waals surface area contributed by atoms with E-state index >= 15 is 0 Å². The van der Waals surface area contributed by atoms with Crippen LogP contribution in [0.2, 0.25) is 0 Å². The predicted octanol–water partition coefficient (Wildman–Crippen LogP) is 2.79. The number of aromatic nitrogens is 2. The highest BCUT2D eigenvalue weighted by molar-refractivity contribution is 5.02.